The third-order valence-electron chi connectivity index (χ3n) is 2.80. The molecule has 0 fully saturated rings. The number of hydrogen-bond donors (Lipinski definition) is 2. The largest absolute Gasteiger partial charge is 0.483 e. The van der Waals surface area contributed by atoms with Crippen molar-refractivity contribution < 1.29 is 14.3 Å². The topological polar surface area (TPSA) is 81.4 Å². The van der Waals surface area contributed by atoms with Crippen LogP contribution in [0.4, 0.5) is 0 Å². The number of amides is 2. The number of nitrogens with one attached hydrogen (secondary N) is 1. The number of nitrogens with two attached hydrogens (primary N) is 1. The molecule has 1 aromatic heterocycles. The van der Waals surface area contributed by atoms with Crippen LogP contribution in [0, 0.1) is 6.92 Å². The van der Waals surface area contributed by atoms with Crippen LogP contribution in [0.1, 0.15) is 20.8 Å². The lowest BCUT2D eigenvalue weighted by atomic mass is 10.1. The fourth-order valence-electron chi connectivity index (χ4n) is 1.75. The molecule has 1 aromatic carbocycles. The zero-order valence-corrected chi connectivity index (χ0v) is 12.4. The summed E-state index contributed by atoms with van der Waals surface area (Å²) in [6.45, 7) is 2.18. The van der Waals surface area contributed by atoms with Crippen molar-refractivity contribution in [2.24, 2.45) is 5.73 Å². The van der Waals surface area contributed by atoms with Crippen LogP contribution in [0.15, 0.2) is 35.7 Å². The lowest BCUT2D eigenvalue weighted by Gasteiger charge is -2.10. The Bertz CT molecular complexity index is 638. The fourth-order valence-corrected chi connectivity index (χ4v) is 2.39. The molecule has 5 nitrogen and oxygen atoms in total. The molecule has 0 unspecified atom stereocenters. The summed E-state index contributed by atoms with van der Waals surface area (Å²) in [7, 11) is 0. The van der Waals surface area contributed by atoms with Gasteiger partial charge in [-0.25, -0.2) is 0 Å². The molecular weight excluding hydrogens is 288 g/mol. The number of carbonyl (C=O) groups excluding carboxylic acids is 2. The van der Waals surface area contributed by atoms with E-state index in [-0.39, 0.29) is 18.1 Å². The van der Waals surface area contributed by atoms with Gasteiger partial charge in [0.15, 0.2) is 6.61 Å². The van der Waals surface area contributed by atoms with Gasteiger partial charge in [0.25, 0.3) is 11.8 Å². The summed E-state index contributed by atoms with van der Waals surface area (Å²) in [5.41, 5.74) is 6.47. The minimum Gasteiger partial charge on any atom is -0.483 e. The van der Waals surface area contributed by atoms with Gasteiger partial charge in [0.2, 0.25) is 0 Å². The third kappa shape index (κ3) is 4.32. The molecule has 110 valence electrons. The van der Waals surface area contributed by atoms with Crippen molar-refractivity contribution in [2.75, 3.05) is 6.61 Å². The van der Waals surface area contributed by atoms with Gasteiger partial charge in [-0.05, 0) is 36.1 Å². The molecule has 0 aliphatic carbocycles. The second-order valence-corrected chi connectivity index (χ2v) is 5.54. The van der Waals surface area contributed by atoms with Crippen molar-refractivity contribution in [2.45, 2.75) is 13.5 Å². The minimum absolute atomic E-state index is 0.158. The summed E-state index contributed by atoms with van der Waals surface area (Å²) in [5.74, 6) is -0.502. The summed E-state index contributed by atoms with van der Waals surface area (Å²) in [6, 6.07) is 8.92. The highest BCUT2D eigenvalue weighted by Crippen LogP contribution is 2.19. The highest BCUT2D eigenvalue weighted by atomic mass is 32.1. The first-order valence-corrected chi connectivity index (χ1v) is 7.26. The Hall–Kier alpha value is -2.34. The van der Waals surface area contributed by atoms with Crippen LogP contribution >= 0.6 is 11.3 Å². The summed E-state index contributed by atoms with van der Waals surface area (Å²) >= 11 is 1.57. The first kappa shape index (κ1) is 15.1. The van der Waals surface area contributed by atoms with Gasteiger partial charge in [-0.15, -0.1) is 11.3 Å². The van der Waals surface area contributed by atoms with E-state index in [0.717, 1.165) is 10.4 Å². The number of aryl methyl sites for hydroxylation is 1. The van der Waals surface area contributed by atoms with E-state index in [4.69, 9.17) is 10.5 Å². The highest BCUT2D eigenvalue weighted by Gasteiger charge is 2.11. The first-order chi connectivity index (χ1) is 10.1. The smallest absolute Gasteiger partial charge is 0.258 e. The third-order valence-corrected chi connectivity index (χ3v) is 3.68. The molecule has 6 heteroatoms. The summed E-state index contributed by atoms with van der Waals surface area (Å²) in [4.78, 5) is 24.1. The number of benzene rings is 1. The molecule has 2 aromatic rings. The quantitative estimate of drug-likeness (QED) is 0.854. The summed E-state index contributed by atoms with van der Waals surface area (Å²) in [6.07, 6.45) is 0. The Morgan fingerprint density at radius 1 is 1.33 bits per heavy atom. The number of carbonyl (C=O) groups is 2. The minimum atomic E-state index is -0.580. The van der Waals surface area contributed by atoms with E-state index in [2.05, 4.69) is 5.32 Å². The lowest BCUT2D eigenvalue weighted by molar-refractivity contribution is -0.123. The second-order valence-electron chi connectivity index (χ2n) is 4.51. The standard InChI is InChI=1S/C15H16N2O3S/c1-10-4-5-12(15(16)19)13(7-10)20-9-14(18)17-8-11-3-2-6-21-11/h2-7H,8-9H2,1H3,(H2,16,19)(H,17,18). The highest BCUT2D eigenvalue weighted by molar-refractivity contribution is 7.09. The van der Waals surface area contributed by atoms with Crippen LogP contribution in [0.3, 0.4) is 0 Å². The number of hydrogen-bond acceptors (Lipinski definition) is 4. The first-order valence-electron chi connectivity index (χ1n) is 6.38. The molecule has 0 spiro atoms. The van der Waals surface area contributed by atoms with Gasteiger partial charge in [0.05, 0.1) is 12.1 Å². The molecule has 21 heavy (non-hydrogen) atoms. The predicted octanol–water partition coefficient (Wildman–Crippen LogP) is 1.85. The van der Waals surface area contributed by atoms with E-state index in [0.29, 0.717) is 12.3 Å². The molecule has 1 heterocycles. The second kappa shape index (κ2) is 6.90. The van der Waals surface area contributed by atoms with Crippen molar-refractivity contribution in [3.63, 3.8) is 0 Å². The van der Waals surface area contributed by atoms with Gasteiger partial charge in [-0.3, -0.25) is 9.59 Å². The average Bonchev–Trinajstić information content (AvgIpc) is 2.96. The van der Waals surface area contributed by atoms with Gasteiger partial charge in [-0.2, -0.15) is 0 Å². The maximum absolute atomic E-state index is 11.7. The maximum atomic E-state index is 11.7. The maximum Gasteiger partial charge on any atom is 0.258 e. The number of primary amides is 1. The van der Waals surface area contributed by atoms with Gasteiger partial charge >= 0.3 is 0 Å². The predicted molar refractivity (Wildman–Crippen MR) is 81.4 cm³/mol. The molecule has 0 bridgehead atoms. The van der Waals surface area contributed by atoms with E-state index in [1.807, 2.05) is 24.4 Å². The molecule has 0 aliphatic heterocycles. The van der Waals surface area contributed by atoms with Crippen LogP contribution in [-0.4, -0.2) is 18.4 Å². The number of thiophene rings is 1. The van der Waals surface area contributed by atoms with E-state index < -0.39 is 5.91 Å². The summed E-state index contributed by atoms with van der Waals surface area (Å²) < 4.78 is 5.40. The molecule has 3 N–H and O–H groups in total. The van der Waals surface area contributed by atoms with Crippen molar-refractivity contribution in [1.29, 1.82) is 0 Å². The van der Waals surface area contributed by atoms with Crippen molar-refractivity contribution in [3.05, 3.63) is 51.7 Å². The van der Waals surface area contributed by atoms with Gasteiger partial charge < -0.3 is 15.8 Å². The van der Waals surface area contributed by atoms with E-state index >= 15 is 0 Å². The van der Waals surface area contributed by atoms with Gasteiger partial charge in [0.1, 0.15) is 5.75 Å². The zero-order valence-electron chi connectivity index (χ0n) is 11.6. The lowest BCUT2D eigenvalue weighted by Crippen LogP contribution is -2.28. The SMILES string of the molecule is Cc1ccc(C(N)=O)c(OCC(=O)NCc2cccs2)c1. The Morgan fingerprint density at radius 2 is 2.14 bits per heavy atom. The molecule has 0 saturated carbocycles. The molecule has 0 radical (unpaired) electrons. The zero-order chi connectivity index (χ0) is 15.2. The monoisotopic (exact) mass is 304 g/mol. The van der Waals surface area contributed by atoms with Gasteiger partial charge in [0, 0.05) is 4.88 Å². The number of rotatable bonds is 6. The Kier molecular flexibility index (Phi) is 4.94. The Balaban J connectivity index is 1.91. The van der Waals surface area contributed by atoms with Crippen LogP contribution in [0.5, 0.6) is 5.75 Å². The Labute approximate surface area is 126 Å². The van der Waals surface area contributed by atoms with Gasteiger partial charge in [-0.1, -0.05) is 12.1 Å². The molecule has 0 aliphatic rings. The fraction of sp³-hybridized carbons (Fsp3) is 0.200. The van der Waals surface area contributed by atoms with Crippen molar-refractivity contribution in [3.8, 4) is 5.75 Å². The molecule has 0 atom stereocenters. The van der Waals surface area contributed by atoms with Crippen LogP contribution in [0.25, 0.3) is 0 Å². The average molecular weight is 304 g/mol. The van der Waals surface area contributed by atoms with E-state index in [9.17, 15) is 9.59 Å². The Morgan fingerprint density at radius 3 is 2.81 bits per heavy atom. The van der Waals surface area contributed by atoms with Crippen LogP contribution in [0.2, 0.25) is 0 Å². The normalized spacial score (nSPS) is 10.1. The van der Waals surface area contributed by atoms with Crippen LogP contribution in [-0.2, 0) is 11.3 Å². The molecular formula is C15H16N2O3S. The van der Waals surface area contributed by atoms with Crippen LogP contribution < -0.4 is 15.8 Å². The number of ether oxygens (including phenoxy) is 1. The van der Waals surface area contributed by atoms with Crippen molar-refractivity contribution >= 4 is 23.2 Å². The molecule has 2 rings (SSSR count). The van der Waals surface area contributed by atoms with Crippen molar-refractivity contribution in [1.82, 2.24) is 5.32 Å². The van der Waals surface area contributed by atoms with E-state index in [1.54, 1.807) is 29.5 Å². The summed E-state index contributed by atoms with van der Waals surface area (Å²) in [5, 5.41) is 4.70. The van der Waals surface area contributed by atoms with E-state index in [1.165, 1.54) is 0 Å². The molecule has 2 amide bonds. The molecule has 0 saturated heterocycles.